The largest absolute Gasteiger partial charge is 0.507 e. The van der Waals surface area contributed by atoms with Gasteiger partial charge in [-0.1, -0.05) is 26.0 Å². The molecule has 0 radical (unpaired) electrons. The van der Waals surface area contributed by atoms with Gasteiger partial charge in [0.1, 0.15) is 17.3 Å². The van der Waals surface area contributed by atoms with Crippen molar-refractivity contribution < 1.29 is 24.2 Å². The molecule has 1 atom stereocenters. The lowest BCUT2D eigenvalue weighted by molar-refractivity contribution is -0.140. The number of carbonyl (C=O) groups excluding carboxylic acids is 2. The zero-order valence-electron chi connectivity index (χ0n) is 22.9. The summed E-state index contributed by atoms with van der Waals surface area (Å²) in [7, 11) is 0. The number of carbonyl (C=O) groups is 2. The summed E-state index contributed by atoms with van der Waals surface area (Å²) in [5, 5.41) is 11.3. The van der Waals surface area contributed by atoms with E-state index >= 15 is 0 Å². The van der Waals surface area contributed by atoms with Gasteiger partial charge in [-0.05, 0) is 95.7 Å². The highest BCUT2D eigenvalue weighted by Crippen LogP contribution is 2.40. The van der Waals surface area contributed by atoms with E-state index in [1.807, 2.05) is 52.0 Å². The average molecular weight is 509 g/mol. The predicted octanol–water partition coefficient (Wildman–Crippen LogP) is 5.41. The van der Waals surface area contributed by atoms with Gasteiger partial charge in [0, 0.05) is 12.1 Å². The van der Waals surface area contributed by atoms with E-state index in [2.05, 4.69) is 18.7 Å². The SMILES string of the molecule is CCN(CC)CCCN1C(=O)C(=O)C(=C(O)c2ccc(OC(C)C)cc2)[C@@H]1c1ccc(OC(C)C)cc1. The summed E-state index contributed by atoms with van der Waals surface area (Å²) >= 11 is 0. The van der Waals surface area contributed by atoms with Crippen molar-refractivity contribution in [2.24, 2.45) is 0 Å². The van der Waals surface area contributed by atoms with E-state index < -0.39 is 17.7 Å². The van der Waals surface area contributed by atoms with Crippen LogP contribution in [-0.4, -0.2) is 65.0 Å². The van der Waals surface area contributed by atoms with Crippen LogP contribution in [0.2, 0.25) is 0 Å². The van der Waals surface area contributed by atoms with E-state index in [0.29, 0.717) is 23.6 Å². The summed E-state index contributed by atoms with van der Waals surface area (Å²) in [6, 6.07) is 13.6. The second kappa shape index (κ2) is 12.8. The number of hydrogen-bond donors (Lipinski definition) is 1. The second-order valence-corrected chi connectivity index (χ2v) is 9.80. The fraction of sp³-hybridized carbons (Fsp3) is 0.467. The fourth-order valence-electron chi connectivity index (χ4n) is 4.58. The molecule has 1 aliphatic rings. The van der Waals surface area contributed by atoms with Gasteiger partial charge >= 0.3 is 0 Å². The third-order valence-corrected chi connectivity index (χ3v) is 6.37. The standard InChI is InChI=1S/C30H40N2O5/c1-7-31(8-2)18-9-19-32-27(22-10-14-24(15-11-22)36-20(3)4)26(29(34)30(32)35)28(33)23-12-16-25(17-13-23)37-21(5)6/h10-17,20-21,27,33H,7-9,18-19H2,1-6H3/t27-/m0/s1. The number of benzene rings is 2. The van der Waals surface area contributed by atoms with Crippen molar-refractivity contribution in [1.29, 1.82) is 0 Å². The minimum absolute atomic E-state index is 0.0174. The maximum Gasteiger partial charge on any atom is 0.295 e. The van der Waals surface area contributed by atoms with E-state index in [1.54, 1.807) is 29.2 Å². The summed E-state index contributed by atoms with van der Waals surface area (Å²) in [6.45, 7) is 15.1. The molecule has 0 aliphatic carbocycles. The molecule has 200 valence electrons. The number of rotatable bonds is 12. The van der Waals surface area contributed by atoms with Gasteiger partial charge in [0.05, 0.1) is 23.8 Å². The first-order valence-corrected chi connectivity index (χ1v) is 13.2. The van der Waals surface area contributed by atoms with Crippen LogP contribution < -0.4 is 9.47 Å². The van der Waals surface area contributed by atoms with Crippen molar-refractivity contribution in [2.45, 2.75) is 66.2 Å². The number of ketones is 1. The summed E-state index contributed by atoms with van der Waals surface area (Å²) in [6.07, 6.45) is 0.768. The lowest BCUT2D eigenvalue weighted by atomic mass is 9.95. The van der Waals surface area contributed by atoms with Gasteiger partial charge in [-0.15, -0.1) is 0 Å². The van der Waals surface area contributed by atoms with Crippen LogP contribution in [0.5, 0.6) is 11.5 Å². The van der Waals surface area contributed by atoms with Crippen LogP contribution >= 0.6 is 0 Å². The molecule has 0 unspecified atom stereocenters. The van der Waals surface area contributed by atoms with Crippen LogP contribution in [0.3, 0.4) is 0 Å². The van der Waals surface area contributed by atoms with E-state index in [4.69, 9.17) is 9.47 Å². The fourth-order valence-corrected chi connectivity index (χ4v) is 4.58. The first kappa shape index (κ1) is 28.3. The van der Waals surface area contributed by atoms with Crippen LogP contribution in [0.25, 0.3) is 5.76 Å². The Kier molecular flexibility index (Phi) is 9.75. The Bertz CT molecular complexity index is 1090. The van der Waals surface area contributed by atoms with Gasteiger partial charge in [-0.25, -0.2) is 0 Å². The first-order valence-electron chi connectivity index (χ1n) is 13.2. The Labute approximate surface area is 220 Å². The number of nitrogens with zero attached hydrogens (tertiary/aromatic N) is 2. The number of amides is 1. The Balaban J connectivity index is 2.00. The Morgan fingerprint density at radius 1 is 0.892 bits per heavy atom. The van der Waals surface area contributed by atoms with Gasteiger partial charge in [0.15, 0.2) is 0 Å². The molecular formula is C30H40N2O5. The molecule has 1 amide bonds. The van der Waals surface area contributed by atoms with Crippen molar-refractivity contribution in [3.8, 4) is 11.5 Å². The van der Waals surface area contributed by atoms with Gasteiger partial charge in [-0.3, -0.25) is 9.59 Å². The van der Waals surface area contributed by atoms with Crippen LogP contribution in [-0.2, 0) is 9.59 Å². The van der Waals surface area contributed by atoms with Gasteiger partial charge < -0.3 is 24.4 Å². The van der Waals surface area contributed by atoms with Crippen molar-refractivity contribution in [3.05, 3.63) is 65.2 Å². The minimum atomic E-state index is -0.684. The lowest BCUT2D eigenvalue weighted by Gasteiger charge is -2.27. The highest BCUT2D eigenvalue weighted by Gasteiger charge is 2.45. The molecule has 1 heterocycles. The molecule has 37 heavy (non-hydrogen) atoms. The molecule has 2 aromatic rings. The van der Waals surface area contributed by atoms with E-state index in [9.17, 15) is 14.7 Å². The molecule has 0 aromatic heterocycles. The van der Waals surface area contributed by atoms with Crippen LogP contribution in [0.4, 0.5) is 0 Å². The molecule has 1 N–H and O–H groups in total. The van der Waals surface area contributed by atoms with E-state index in [1.165, 1.54) is 0 Å². The van der Waals surface area contributed by atoms with Gasteiger partial charge in [0.2, 0.25) is 0 Å². The topological polar surface area (TPSA) is 79.3 Å². The summed E-state index contributed by atoms with van der Waals surface area (Å²) in [5.41, 5.74) is 1.31. The zero-order chi connectivity index (χ0) is 27.1. The predicted molar refractivity (Wildman–Crippen MR) is 146 cm³/mol. The van der Waals surface area contributed by atoms with Crippen molar-refractivity contribution >= 4 is 17.4 Å². The number of hydrogen-bond acceptors (Lipinski definition) is 6. The van der Waals surface area contributed by atoms with Crippen LogP contribution in [0, 0.1) is 0 Å². The lowest BCUT2D eigenvalue weighted by Crippen LogP contribution is -2.33. The first-order chi connectivity index (χ1) is 17.7. The summed E-state index contributed by atoms with van der Waals surface area (Å²) in [4.78, 5) is 30.4. The zero-order valence-corrected chi connectivity index (χ0v) is 22.9. The molecule has 3 rings (SSSR count). The average Bonchev–Trinajstić information content (AvgIpc) is 3.11. The number of likely N-dealkylation sites (tertiary alicyclic amines) is 1. The maximum absolute atomic E-state index is 13.3. The normalized spacial score (nSPS) is 17.3. The molecule has 1 saturated heterocycles. The summed E-state index contributed by atoms with van der Waals surface area (Å²) in [5.74, 6) is -0.0735. The monoisotopic (exact) mass is 508 g/mol. The minimum Gasteiger partial charge on any atom is -0.507 e. The van der Waals surface area contributed by atoms with Crippen molar-refractivity contribution in [2.75, 3.05) is 26.2 Å². The molecular weight excluding hydrogens is 468 g/mol. The Morgan fingerprint density at radius 3 is 1.89 bits per heavy atom. The van der Waals surface area contributed by atoms with Crippen molar-refractivity contribution in [1.82, 2.24) is 9.80 Å². The molecule has 0 bridgehead atoms. The molecule has 2 aromatic carbocycles. The molecule has 1 fully saturated rings. The smallest absolute Gasteiger partial charge is 0.295 e. The third kappa shape index (κ3) is 6.92. The molecule has 7 heteroatoms. The highest BCUT2D eigenvalue weighted by molar-refractivity contribution is 6.46. The van der Waals surface area contributed by atoms with Crippen LogP contribution in [0.1, 0.15) is 65.1 Å². The van der Waals surface area contributed by atoms with Crippen LogP contribution in [0.15, 0.2) is 54.1 Å². The van der Waals surface area contributed by atoms with Gasteiger partial charge in [-0.2, -0.15) is 0 Å². The highest BCUT2D eigenvalue weighted by atomic mass is 16.5. The third-order valence-electron chi connectivity index (χ3n) is 6.37. The number of ether oxygens (including phenoxy) is 2. The molecule has 0 saturated carbocycles. The Morgan fingerprint density at radius 2 is 1.41 bits per heavy atom. The molecule has 1 aliphatic heterocycles. The van der Waals surface area contributed by atoms with E-state index in [-0.39, 0.29) is 23.5 Å². The Hall–Kier alpha value is -3.32. The number of aliphatic hydroxyl groups excluding tert-OH is 1. The van der Waals surface area contributed by atoms with Crippen molar-refractivity contribution in [3.63, 3.8) is 0 Å². The summed E-state index contributed by atoms with van der Waals surface area (Å²) < 4.78 is 11.5. The molecule has 0 spiro atoms. The quantitative estimate of drug-likeness (QED) is 0.234. The number of Topliss-reactive ketones (excluding diaryl/α,β-unsaturated/α-hetero) is 1. The second-order valence-electron chi connectivity index (χ2n) is 9.80. The van der Waals surface area contributed by atoms with E-state index in [0.717, 1.165) is 31.6 Å². The number of aliphatic hydroxyl groups is 1. The molecule has 7 nitrogen and oxygen atoms in total. The maximum atomic E-state index is 13.3. The van der Waals surface area contributed by atoms with Gasteiger partial charge in [0.25, 0.3) is 11.7 Å².